The van der Waals surface area contributed by atoms with Crippen LogP contribution in [0.25, 0.3) is 16.9 Å². The molecule has 0 atom stereocenters. The van der Waals surface area contributed by atoms with E-state index in [-0.39, 0.29) is 11.3 Å². The largest absolute Gasteiger partial charge is 0.417 e. The zero-order valence-electron chi connectivity index (χ0n) is 20.3. The molecule has 3 aromatic heterocycles. The topological polar surface area (TPSA) is 84.7 Å². The van der Waals surface area contributed by atoms with Crippen LogP contribution in [0.2, 0.25) is 0 Å². The Balaban J connectivity index is 0.000000157. The van der Waals surface area contributed by atoms with Gasteiger partial charge in [0.15, 0.2) is 5.65 Å². The molecule has 1 aromatic carbocycles. The Bertz CT molecular complexity index is 1440. The second kappa shape index (κ2) is 9.47. The number of aryl methyl sites for hydroxylation is 2. The smallest absolute Gasteiger partial charge is 0.380 e. The summed E-state index contributed by atoms with van der Waals surface area (Å²) in [5.74, 6) is 1.52. The van der Waals surface area contributed by atoms with Gasteiger partial charge in [-0.05, 0) is 43.7 Å². The molecule has 2 saturated heterocycles. The van der Waals surface area contributed by atoms with E-state index in [0.29, 0.717) is 23.3 Å². The highest BCUT2D eigenvalue weighted by molar-refractivity contribution is 5.69. The van der Waals surface area contributed by atoms with Gasteiger partial charge in [0.25, 0.3) is 0 Å². The average molecular weight is 511 g/mol. The highest BCUT2D eigenvalue weighted by atomic mass is 19.4. The third-order valence-electron chi connectivity index (χ3n) is 6.46. The number of hydrogen-bond donors (Lipinski definition) is 1. The number of anilines is 2. The summed E-state index contributed by atoms with van der Waals surface area (Å²) in [6.07, 6.45) is -2.12. The van der Waals surface area contributed by atoms with E-state index in [0.717, 1.165) is 49.4 Å². The van der Waals surface area contributed by atoms with Crippen molar-refractivity contribution in [3.63, 3.8) is 0 Å². The number of halogens is 3. The lowest BCUT2D eigenvalue weighted by Crippen LogP contribution is -2.66. The SMILES string of the molecule is Cc1cc(-c2ccccc2C(F)(F)F)nn2c(C)cnc12.O=CNc1cccc(N2CC3(COC3)C2)n1. The van der Waals surface area contributed by atoms with E-state index in [1.807, 2.05) is 26.0 Å². The number of ether oxygens (including phenoxy) is 1. The Morgan fingerprint density at radius 2 is 1.84 bits per heavy atom. The molecule has 0 bridgehead atoms. The standard InChI is InChI=1S/C15H12F3N3.C11H13N3O2/c1-9-7-13(20-21-10(2)8-19-14(9)21)11-5-3-4-6-12(11)15(16,17)18;15-8-12-9-2-1-3-10(13-9)14-4-11(5-14)6-16-7-11/h3-8H,1-2H3;1-3,8H,4-7H2,(H,12,13,15). The molecule has 0 aliphatic carbocycles. The molecule has 1 spiro atoms. The number of carbonyl (C=O) groups is 1. The predicted octanol–water partition coefficient (Wildman–Crippen LogP) is 4.52. The number of hydrogen-bond acceptors (Lipinski definition) is 6. The van der Waals surface area contributed by atoms with Crippen molar-refractivity contribution >= 4 is 23.7 Å². The summed E-state index contributed by atoms with van der Waals surface area (Å²) < 4.78 is 46.2. The normalized spacial score (nSPS) is 16.0. The molecule has 37 heavy (non-hydrogen) atoms. The molecule has 192 valence electrons. The monoisotopic (exact) mass is 510 g/mol. The summed E-state index contributed by atoms with van der Waals surface area (Å²) in [5.41, 5.74) is 2.27. The Morgan fingerprint density at radius 3 is 2.51 bits per heavy atom. The van der Waals surface area contributed by atoms with Crippen LogP contribution in [0.3, 0.4) is 0 Å². The number of rotatable bonds is 4. The molecular weight excluding hydrogens is 485 g/mol. The molecule has 1 amide bonds. The van der Waals surface area contributed by atoms with Crippen LogP contribution in [0.5, 0.6) is 0 Å². The Labute approximate surface area is 211 Å². The van der Waals surface area contributed by atoms with Crippen LogP contribution in [-0.4, -0.2) is 52.3 Å². The summed E-state index contributed by atoms with van der Waals surface area (Å²) in [5, 5.41) is 6.85. The van der Waals surface area contributed by atoms with Crippen LogP contribution in [0.4, 0.5) is 24.8 Å². The van der Waals surface area contributed by atoms with E-state index in [4.69, 9.17) is 4.74 Å². The predicted molar refractivity (Wildman–Crippen MR) is 132 cm³/mol. The highest BCUT2D eigenvalue weighted by Crippen LogP contribution is 2.40. The quantitative estimate of drug-likeness (QED) is 0.407. The number of nitrogens with one attached hydrogen (secondary N) is 1. The van der Waals surface area contributed by atoms with Crippen LogP contribution in [-0.2, 0) is 15.7 Å². The van der Waals surface area contributed by atoms with Crippen LogP contribution in [0.15, 0.2) is 54.7 Å². The second-order valence-corrected chi connectivity index (χ2v) is 9.38. The number of amides is 1. The third-order valence-corrected chi connectivity index (χ3v) is 6.46. The number of pyridine rings is 1. The number of imidazole rings is 1. The summed E-state index contributed by atoms with van der Waals surface area (Å²) in [7, 11) is 0. The first-order chi connectivity index (χ1) is 17.7. The molecular formula is C26H25F3N6O2. The molecule has 2 aliphatic rings. The number of nitrogens with zero attached hydrogens (tertiary/aromatic N) is 5. The highest BCUT2D eigenvalue weighted by Gasteiger charge is 2.49. The van der Waals surface area contributed by atoms with Gasteiger partial charge in [-0.2, -0.15) is 18.3 Å². The maximum atomic E-state index is 13.1. The van der Waals surface area contributed by atoms with E-state index in [1.54, 1.807) is 28.9 Å². The number of fused-ring (bicyclic) bond motifs is 1. The molecule has 5 heterocycles. The van der Waals surface area contributed by atoms with Crippen molar-refractivity contribution in [3.8, 4) is 11.3 Å². The lowest BCUT2D eigenvalue weighted by molar-refractivity contribution is -0.137. The minimum absolute atomic E-state index is 0.0723. The second-order valence-electron chi connectivity index (χ2n) is 9.38. The summed E-state index contributed by atoms with van der Waals surface area (Å²) in [6.45, 7) is 7.37. The van der Waals surface area contributed by atoms with E-state index in [1.165, 1.54) is 12.1 Å². The van der Waals surface area contributed by atoms with Gasteiger partial charge in [0.05, 0.1) is 41.8 Å². The molecule has 0 saturated carbocycles. The van der Waals surface area contributed by atoms with Crippen molar-refractivity contribution in [2.24, 2.45) is 5.41 Å². The first-order valence-corrected chi connectivity index (χ1v) is 11.7. The van der Waals surface area contributed by atoms with Gasteiger partial charge in [0.1, 0.15) is 11.6 Å². The van der Waals surface area contributed by atoms with Crippen molar-refractivity contribution in [2.75, 3.05) is 36.5 Å². The van der Waals surface area contributed by atoms with E-state index < -0.39 is 11.7 Å². The first kappa shape index (κ1) is 24.7. The van der Waals surface area contributed by atoms with Crippen LogP contribution >= 0.6 is 0 Å². The number of benzene rings is 1. The fourth-order valence-electron chi connectivity index (χ4n) is 4.56. The van der Waals surface area contributed by atoms with E-state index in [9.17, 15) is 18.0 Å². The number of alkyl halides is 3. The number of carbonyl (C=O) groups excluding carboxylic acids is 1. The van der Waals surface area contributed by atoms with Crippen LogP contribution in [0.1, 0.15) is 16.8 Å². The third kappa shape index (κ3) is 4.86. The van der Waals surface area contributed by atoms with Crippen molar-refractivity contribution in [3.05, 3.63) is 71.5 Å². The van der Waals surface area contributed by atoms with Crippen molar-refractivity contribution in [1.82, 2.24) is 19.6 Å². The summed E-state index contributed by atoms with van der Waals surface area (Å²) >= 11 is 0. The minimum Gasteiger partial charge on any atom is -0.380 e. The lowest BCUT2D eigenvalue weighted by Gasteiger charge is -2.55. The van der Waals surface area contributed by atoms with E-state index in [2.05, 4.69) is 25.3 Å². The van der Waals surface area contributed by atoms with Crippen LogP contribution < -0.4 is 10.2 Å². The molecule has 11 heteroatoms. The Morgan fingerprint density at radius 1 is 1.08 bits per heavy atom. The van der Waals surface area contributed by atoms with Gasteiger partial charge in [-0.25, -0.2) is 14.5 Å². The molecule has 8 nitrogen and oxygen atoms in total. The van der Waals surface area contributed by atoms with Gasteiger partial charge in [0.2, 0.25) is 6.41 Å². The minimum atomic E-state index is -4.41. The van der Waals surface area contributed by atoms with Crippen molar-refractivity contribution < 1.29 is 22.7 Å². The Hall–Kier alpha value is -3.99. The van der Waals surface area contributed by atoms with Gasteiger partial charge in [-0.15, -0.1) is 0 Å². The molecule has 0 unspecified atom stereocenters. The molecule has 2 aliphatic heterocycles. The molecule has 1 N–H and O–H groups in total. The summed E-state index contributed by atoms with van der Waals surface area (Å²) in [4.78, 5) is 21.1. The van der Waals surface area contributed by atoms with Crippen molar-refractivity contribution in [2.45, 2.75) is 20.0 Å². The van der Waals surface area contributed by atoms with Crippen molar-refractivity contribution in [1.29, 1.82) is 0 Å². The van der Waals surface area contributed by atoms with Gasteiger partial charge >= 0.3 is 6.18 Å². The van der Waals surface area contributed by atoms with E-state index >= 15 is 0 Å². The molecule has 2 fully saturated rings. The van der Waals surface area contributed by atoms with Gasteiger partial charge in [0, 0.05) is 18.7 Å². The fourth-order valence-corrected chi connectivity index (χ4v) is 4.56. The zero-order chi connectivity index (χ0) is 26.2. The van der Waals surface area contributed by atoms with Gasteiger partial charge < -0.3 is 15.0 Å². The number of aromatic nitrogens is 4. The maximum Gasteiger partial charge on any atom is 0.417 e. The van der Waals surface area contributed by atoms with Gasteiger partial charge in [-0.3, -0.25) is 4.79 Å². The van der Waals surface area contributed by atoms with Crippen LogP contribution in [0, 0.1) is 19.3 Å². The molecule has 6 rings (SSSR count). The maximum absolute atomic E-state index is 13.1. The van der Waals surface area contributed by atoms with Gasteiger partial charge in [-0.1, -0.05) is 24.3 Å². The lowest BCUT2D eigenvalue weighted by atomic mass is 9.78. The first-order valence-electron chi connectivity index (χ1n) is 11.7. The Kier molecular flexibility index (Phi) is 6.32. The average Bonchev–Trinajstić information content (AvgIpc) is 3.19. The fraction of sp³-hybridized carbons (Fsp3) is 0.308. The zero-order valence-corrected chi connectivity index (χ0v) is 20.3. The summed E-state index contributed by atoms with van der Waals surface area (Å²) in [6, 6.07) is 12.7. The molecule has 0 radical (unpaired) electrons. The molecule has 4 aromatic rings.